The zero-order valence-electron chi connectivity index (χ0n) is 8.81. The molecule has 0 N–H and O–H groups in total. The standard InChI is InChI=1S/C10H13NO5/c12-8-3-4-9(13)11(8)16-10(14)7-2-1-5-15-6-7/h7H,1-6H2/t7-/m1/s1. The molecule has 2 heterocycles. The van der Waals surface area contributed by atoms with Crippen LogP contribution in [0.1, 0.15) is 25.7 Å². The summed E-state index contributed by atoms with van der Waals surface area (Å²) in [7, 11) is 0. The first-order chi connectivity index (χ1) is 7.68. The van der Waals surface area contributed by atoms with E-state index in [2.05, 4.69) is 0 Å². The van der Waals surface area contributed by atoms with Crippen LogP contribution in [0.2, 0.25) is 0 Å². The molecule has 0 unspecified atom stereocenters. The molecule has 0 aromatic heterocycles. The maximum Gasteiger partial charge on any atom is 0.338 e. The van der Waals surface area contributed by atoms with Gasteiger partial charge in [0.1, 0.15) is 0 Å². The van der Waals surface area contributed by atoms with Gasteiger partial charge in [-0.1, -0.05) is 0 Å². The fourth-order valence-corrected chi connectivity index (χ4v) is 1.75. The van der Waals surface area contributed by atoms with Crippen molar-refractivity contribution in [2.24, 2.45) is 5.92 Å². The van der Waals surface area contributed by atoms with E-state index >= 15 is 0 Å². The monoisotopic (exact) mass is 227 g/mol. The third-order valence-corrected chi connectivity index (χ3v) is 2.68. The second-order valence-electron chi connectivity index (χ2n) is 3.91. The summed E-state index contributed by atoms with van der Waals surface area (Å²) in [5.74, 6) is -1.82. The van der Waals surface area contributed by atoms with E-state index in [1.165, 1.54) is 0 Å². The molecule has 2 amide bonds. The average molecular weight is 227 g/mol. The van der Waals surface area contributed by atoms with Crippen LogP contribution in [0.5, 0.6) is 0 Å². The van der Waals surface area contributed by atoms with E-state index < -0.39 is 17.8 Å². The lowest BCUT2D eigenvalue weighted by Gasteiger charge is -2.22. The van der Waals surface area contributed by atoms with Crippen molar-refractivity contribution >= 4 is 17.8 Å². The maximum atomic E-state index is 11.6. The average Bonchev–Trinajstić information content (AvgIpc) is 2.62. The van der Waals surface area contributed by atoms with E-state index in [0.29, 0.717) is 24.7 Å². The van der Waals surface area contributed by atoms with Crippen molar-refractivity contribution in [3.8, 4) is 0 Å². The fourth-order valence-electron chi connectivity index (χ4n) is 1.75. The predicted octanol–water partition coefficient (Wildman–Crippen LogP) is 0.0202. The minimum absolute atomic E-state index is 0.118. The molecule has 2 fully saturated rings. The number of imide groups is 1. The molecule has 16 heavy (non-hydrogen) atoms. The van der Waals surface area contributed by atoms with Gasteiger partial charge in [-0.05, 0) is 12.8 Å². The lowest BCUT2D eigenvalue weighted by atomic mass is 10.0. The van der Waals surface area contributed by atoms with Gasteiger partial charge in [0.2, 0.25) is 0 Å². The Hall–Kier alpha value is -1.43. The topological polar surface area (TPSA) is 72.9 Å². The summed E-state index contributed by atoms with van der Waals surface area (Å²) in [4.78, 5) is 38.8. The largest absolute Gasteiger partial charge is 0.381 e. The molecule has 2 saturated heterocycles. The van der Waals surface area contributed by atoms with Crippen LogP contribution in [0.4, 0.5) is 0 Å². The van der Waals surface area contributed by atoms with Gasteiger partial charge >= 0.3 is 5.97 Å². The van der Waals surface area contributed by atoms with E-state index in [0.717, 1.165) is 6.42 Å². The number of amides is 2. The first kappa shape index (κ1) is 11.1. The zero-order valence-corrected chi connectivity index (χ0v) is 8.81. The van der Waals surface area contributed by atoms with Crippen LogP contribution in [0.3, 0.4) is 0 Å². The van der Waals surface area contributed by atoms with Crippen molar-refractivity contribution in [2.45, 2.75) is 25.7 Å². The van der Waals surface area contributed by atoms with Crippen molar-refractivity contribution in [3.63, 3.8) is 0 Å². The van der Waals surface area contributed by atoms with E-state index in [9.17, 15) is 14.4 Å². The van der Waals surface area contributed by atoms with Crippen LogP contribution < -0.4 is 0 Å². The minimum Gasteiger partial charge on any atom is -0.381 e. The third kappa shape index (κ3) is 2.21. The van der Waals surface area contributed by atoms with Crippen molar-refractivity contribution in [2.75, 3.05) is 13.2 Å². The third-order valence-electron chi connectivity index (χ3n) is 2.68. The van der Waals surface area contributed by atoms with Crippen LogP contribution in [-0.4, -0.2) is 36.1 Å². The van der Waals surface area contributed by atoms with E-state index in [1.807, 2.05) is 0 Å². The number of carbonyl (C=O) groups excluding carboxylic acids is 3. The molecule has 0 radical (unpaired) electrons. The Morgan fingerprint density at radius 1 is 1.31 bits per heavy atom. The van der Waals surface area contributed by atoms with Gasteiger partial charge in [0.15, 0.2) is 0 Å². The Labute approximate surface area is 92.4 Å². The number of nitrogens with zero attached hydrogens (tertiary/aromatic N) is 1. The van der Waals surface area contributed by atoms with Crippen LogP contribution in [0, 0.1) is 5.92 Å². The zero-order chi connectivity index (χ0) is 11.5. The summed E-state index contributed by atoms with van der Waals surface area (Å²) in [5.41, 5.74) is 0. The molecule has 6 heteroatoms. The Morgan fingerprint density at radius 3 is 2.56 bits per heavy atom. The van der Waals surface area contributed by atoms with Crippen LogP contribution in [0.25, 0.3) is 0 Å². The molecule has 2 aliphatic heterocycles. The molecule has 6 nitrogen and oxygen atoms in total. The Kier molecular flexibility index (Phi) is 3.19. The number of rotatable bonds is 2. The Bertz CT molecular complexity index is 305. The predicted molar refractivity (Wildman–Crippen MR) is 50.7 cm³/mol. The SMILES string of the molecule is O=C(ON1C(=O)CCC1=O)[C@@H]1CCCOC1. The summed E-state index contributed by atoms with van der Waals surface area (Å²) in [6.45, 7) is 0.945. The van der Waals surface area contributed by atoms with Gasteiger partial charge in [0.05, 0.1) is 12.5 Å². The minimum atomic E-state index is -0.552. The molecule has 0 bridgehead atoms. The highest BCUT2D eigenvalue weighted by molar-refractivity contribution is 6.01. The summed E-state index contributed by atoms with van der Waals surface area (Å²) < 4.78 is 5.13. The molecule has 0 aromatic carbocycles. The lowest BCUT2D eigenvalue weighted by molar-refractivity contribution is -0.202. The highest BCUT2D eigenvalue weighted by Gasteiger charge is 2.35. The van der Waals surface area contributed by atoms with Gasteiger partial charge in [-0.2, -0.15) is 0 Å². The van der Waals surface area contributed by atoms with Gasteiger partial charge in [-0.25, -0.2) is 4.79 Å². The smallest absolute Gasteiger partial charge is 0.338 e. The van der Waals surface area contributed by atoms with E-state index in [4.69, 9.17) is 9.57 Å². The summed E-state index contributed by atoms with van der Waals surface area (Å²) in [5, 5.41) is 0.580. The molecule has 2 aliphatic rings. The first-order valence-corrected chi connectivity index (χ1v) is 5.34. The molecule has 0 spiro atoms. The van der Waals surface area contributed by atoms with Crippen LogP contribution in [0.15, 0.2) is 0 Å². The molecule has 0 aliphatic carbocycles. The van der Waals surface area contributed by atoms with Gasteiger partial charge in [0, 0.05) is 19.4 Å². The molecule has 0 saturated carbocycles. The second-order valence-corrected chi connectivity index (χ2v) is 3.91. The van der Waals surface area contributed by atoms with Gasteiger partial charge in [-0.3, -0.25) is 9.59 Å². The first-order valence-electron chi connectivity index (χ1n) is 5.34. The number of hydrogen-bond donors (Lipinski definition) is 0. The summed E-state index contributed by atoms with van der Waals surface area (Å²) in [6, 6.07) is 0. The molecule has 2 rings (SSSR count). The summed E-state index contributed by atoms with van der Waals surface area (Å²) >= 11 is 0. The molecular formula is C10H13NO5. The number of hydroxylamine groups is 2. The highest BCUT2D eigenvalue weighted by atomic mass is 16.7. The summed E-state index contributed by atoms with van der Waals surface area (Å²) in [6.07, 6.45) is 1.71. The van der Waals surface area contributed by atoms with Crippen molar-refractivity contribution < 1.29 is 24.0 Å². The second kappa shape index (κ2) is 4.61. The van der Waals surface area contributed by atoms with Crippen molar-refractivity contribution in [1.82, 2.24) is 5.06 Å². The van der Waals surface area contributed by atoms with E-state index in [1.54, 1.807) is 0 Å². The van der Waals surface area contributed by atoms with Gasteiger partial charge < -0.3 is 9.57 Å². The quantitative estimate of drug-likeness (QED) is 0.622. The van der Waals surface area contributed by atoms with Crippen molar-refractivity contribution in [3.05, 3.63) is 0 Å². The number of hydrogen-bond acceptors (Lipinski definition) is 5. The molecular weight excluding hydrogens is 214 g/mol. The van der Waals surface area contributed by atoms with Gasteiger partial charge in [-0.15, -0.1) is 5.06 Å². The maximum absolute atomic E-state index is 11.6. The van der Waals surface area contributed by atoms with Gasteiger partial charge in [0.25, 0.3) is 11.8 Å². The molecule has 88 valence electrons. The van der Waals surface area contributed by atoms with Crippen LogP contribution >= 0.6 is 0 Å². The fraction of sp³-hybridized carbons (Fsp3) is 0.700. The Balaban J connectivity index is 1.90. The molecule has 0 aromatic rings. The molecule has 1 atom stereocenters. The van der Waals surface area contributed by atoms with Crippen molar-refractivity contribution in [1.29, 1.82) is 0 Å². The number of carbonyl (C=O) groups is 3. The lowest BCUT2D eigenvalue weighted by Crippen LogP contribution is -2.36. The Morgan fingerprint density at radius 2 is 2.00 bits per heavy atom. The normalized spacial score (nSPS) is 26.0. The number of ether oxygens (including phenoxy) is 1. The highest BCUT2D eigenvalue weighted by Crippen LogP contribution is 2.18. The van der Waals surface area contributed by atoms with Crippen LogP contribution in [-0.2, 0) is 24.0 Å². The van der Waals surface area contributed by atoms with E-state index in [-0.39, 0.29) is 18.8 Å².